The smallest absolute Gasteiger partial charge is 0.303 e. The Morgan fingerprint density at radius 2 is 1.96 bits per heavy atom. The van der Waals surface area contributed by atoms with Crippen LogP contribution in [0.5, 0.6) is 0 Å². The second-order valence-corrected chi connectivity index (χ2v) is 10.8. The Morgan fingerprint density at radius 3 is 2.70 bits per heavy atom. The highest BCUT2D eigenvalue weighted by molar-refractivity contribution is 5.66. The van der Waals surface area contributed by atoms with E-state index in [0.717, 1.165) is 31.1 Å². The summed E-state index contributed by atoms with van der Waals surface area (Å²) in [7, 11) is 0. The molecule has 2 N–H and O–H groups in total. The highest BCUT2D eigenvalue weighted by Crippen LogP contribution is 2.66. The van der Waals surface area contributed by atoms with Crippen molar-refractivity contribution in [3.63, 3.8) is 0 Å². The molecule has 27 heavy (non-hydrogen) atoms. The van der Waals surface area contributed by atoms with Crippen molar-refractivity contribution >= 4 is 5.97 Å². The van der Waals surface area contributed by atoms with Crippen LogP contribution in [0.25, 0.3) is 0 Å². The van der Waals surface area contributed by atoms with Crippen LogP contribution in [-0.4, -0.2) is 22.3 Å². The lowest BCUT2D eigenvalue weighted by atomic mass is 9.46. The van der Waals surface area contributed by atoms with Gasteiger partial charge >= 0.3 is 5.97 Å². The maximum Gasteiger partial charge on any atom is 0.303 e. The quantitative estimate of drug-likeness (QED) is 0.658. The van der Waals surface area contributed by atoms with Crippen LogP contribution in [0.2, 0.25) is 0 Å². The van der Waals surface area contributed by atoms with Gasteiger partial charge in [0.05, 0.1) is 6.10 Å². The monoisotopic (exact) mass is 374 g/mol. The molecule has 0 aromatic rings. The number of aliphatic hydroxyl groups excluding tert-OH is 1. The number of carboxylic acids is 1. The number of hydrogen-bond donors (Lipinski definition) is 2. The molecule has 0 heterocycles. The average Bonchev–Trinajstić information content (AvgIpc) is 2.97. The van der Waals surface area contributed by atoms with E-state index in [1.54, 1.807) is 0 Å². The van der Waals surface area contributed by atoms with Gasteiger partial charge in [-0.1, -0.05) is 32.9 Å². The van der Waals surface area contributed by atoms with E-state index in [0.29, 0.717) is 35.5 Å². The second-order valence-electron chi connectivity index (χ2n) is 10.8. The van der Waals surface area contributed by atoms with E-state index in [1.165, 1.54) is 32.1 Å². The van der Waals surface area contributed by atoms with Gasteiger partial charge in [0.15, 0.2) is 0 Å². The first-order chi connectivity index (χ1) is 12.8. The zero-order valence-corrected chi connectivity index (χ0v) is 17.4. The first-order valence-corrected chi connectivity index (χ1v) is 11.3. The van der Waals surface area contributed by atoms with E-state index in [-0.39, 0.29) is 11.5 Å². The molecular formula is C24H38O3. The molecule has 4 aliphatic carbocycles. The maximum absolute atomic E-state index is 11.0. The maximum atomic E-state index is 11.0. The normalized spacial score (nSPS) is 49.8. The van der Waals surface area contributed by atoms with E-state index < -0.39 is 5.97 Å². The van der Waals surface area contributed by atoms with Crippen LogP contribution < -0.4 is 0 Å². The number of aliphatic hydroxyl groups is 1. The lowest BCUT2D eigenvalue weighted by Gasteiger charge is -2.58. The summed E-state index contributed by atoms with van der Waals surface area (Å²) in [5, 5.41) is 19.3. The van der Waals surface area contributed by atoms with Gasteiger partial charge in [-0.3, -0.25) is 4.79 Å². The summed E-state index contributed by atoms with van der Waals surface area (Å²) < 4.78 is 0. The molecule has 0 amide bonds. The summed E-state index contributed by atoms with van der Waals surface area (Å²) in [5.41, 5.74) is 0.615. The molecule has 3 saturated carbocycles. The number of hydrogen-bond acceptors (Lipinski definition) is 2. The highest BCUT2D eigenvalue weighted by Gasteiger charge is 2.58. The van der Waals surface area contributed by atoms with Crippen LogP contribution >= 0.6 is 0 Å². The minimum atomic E-state index is -0.661. The molecular weight excluding hydrogens is 336 g/mol. The Morgan fingerprint density at radius 1 is 1.19 bits per heavy atom. The van der Waals surface area contributed by atoms with Crippen molar-refractivity contribution in [1.82, 2.24) is 0 Å². The molecule has 0 spiro atoms. The zero-order chi connectivity index (χ0) is 19.4. The van der Waals surface area contributed by atoms with Gasteiger partial charge in [0.2, 0.25) is 0 Å². The van der Waals surface area contributed by atoms with Crippen molar-refractivity contribution in [1.29, 1.82) is 0 Å². The third-order valence-corrected chi connectivity index (χ3v) is 9.64. The van der Waals surface area contributed by atoms with Crippen molar-refractivity contribution in [2.75, 3.05) is 0 Å². The first-order valence-electron chi connectivity index (χ1n) is 11.3. The molecule has 4 rings (SSSR count). The van der Waals surface area contributed by atoms with E-state index in [2.05, 4.69) is 32.9 Å². The summed E-state index contributed by atoms with van der Waals surface area (Å²) >= 11 is 0. The third kappa shape index (κ3) is 3.09. The fourth-order valence-corrected chi connectivity index (χ4v) is 8.10. The van der Waals surface area contributed by atoms with Crippen molar-refractivity contribution in [2.24, 2.45) is 46.3 Å². The van der Waals surface area contributed by atoms with Crippen LogP contribution in [0.15, 0.2) is 12.2 Å². The number of aliphatic carboxylic acids is 1. The van der Waals surface area contributed by atoms with Gasteiger partial charge in [0, 0.05) is 6.42 Å². The van der Waals surface area contributed by atoms with E-state index in [1.807, 2.05) is 0 Å². The molecule has 0 bridgehead atoms. The molecule has 0 saturated heterocycles. The molecule has 9 atom stereocenters. The van der Waals surface area contributed by atoms with Crippen LogP contribution in [0.4, 0.5) is 0 Å². The number of allylic oxidation sites excluding steroid dienone is 2. The predicted molar refractivity (Wildman–Crippen MR) is 107 cm³/mol. The Kier molecular flexibility index (Phi) is 4.98. The van der Waals surface area contributed by atoms with Gasteiger partial charge in [-0.05, 0) is 97.7 Å². The van der Waals surface area contributed by atoms with Gasteiger partial charge < -0.3 is 10.2 Å². The molecule has 0 aromatic carbocycles. The Hall–Kier alpha value is -0.830. The first kappa shape index (κ1) is 19.5. The molecule has 4 unspecified atom stereocenters. The summed E-state index contributed by atoms with van der Waals surface area (Å²) in [5.74, 6) is 3.35. The highest BCUT2D eigenvalue weighted by atomic mass is 16.4. The van der Waals surface area contributed by atoms with Gasteiger partial charge in [-0.2, -0.15) is 0 Å². The molecule has 4 aliphatic rings. The van der Waals surface area contributed by atoms with Crippen molar-refractivity contribution in [3.05, 3.63) is 12.2 Å². The van der Waals surface area contributed by atoms with Crippen molar-refractivity contribution in [2.45, 2.75) is 84.7 Å². The molecule has 0 aromatic heterocycles. The largest absolute Gasteiger partial charge is 0.481 e. The topological polar surface area (TPSA) is 57.5 Å². The number of carbonyl (C=O) groups is 1. The minimum absolute atomic E-state index is 0.0802. The van der Waals surface area contributed by atoms with Gasteiger partial charge in [0.1, 0.15) is 0 Å². The second kappa shape index (κ2) is 6.90. The van der Waals surface area contributed by atoms with Gasteiger partial charge in [0.25, 0.3) is 0 Å². The number of fused-ring (bicyclic) bond motifs is 5. The zero-order valence-electron chi connectivity index (χ0n) is 17.4. The molecule has 0 radical (unpaired) electrons. The molecule has 3 heteroatoms. The third-order valence-electron chi connectivity index (χ3n) is 9.64. The Labute approximate surface area is 164 Å². The van der Waals surface area contributed by atoms with Crippen LogP contribution in [0, 0.1) is 46.3 Å². The van der Waals surface area contributed by atoms with Crippen molar-refractivity contribution < 1.29 is 15.0 Å². The predicted octanol–water partition coefficient (Wildman–Crippen LogP) is 5.28. The molecule has 0 aliphatic heterocycles. The summed E-state index contributed by atoms with van der Waals surface area (Å²) in [6, 6.07) is 0. The molecule has 152 valence electrons. The number of carboxylic acid groups (broad SMARTS) is 1. The summed E-state index contributed by atoms with van der Waals surface area (Å²) in [6.07, 6.45) is 14.5. The standard InChI is InChI=1S/C24H38O3/c1-15(4-9-22(26)27)19-7-8-20-18-6-5-16-14-17(25)10-12-23(16,2)21(18)11-13-24(19,20)3/h11,13,15-21,25H,4-10,12,14H2,1-3H3,(H,26,27)/t15-,16-,17-,18?,19?,20+,21+,23?,24?/m1/s1. The van der Waals surface area contributed by atoms with Crippen LogP contribution in [0.1, 0.15) is 78.6 Å². The molecule has 3 fully saturated rings. The Balaban J connectivity index is 1.56. The number of rotatable bonds is 4. The van der Waals surface area contributed by atoms with Crippen molar-refractivity contribution in [3.8, 4) is 0 Å². The van der Waals surface area contributed by atoms with E-state index in [9.17, 15) is 9.90 Å². The van der Waals surface area contributed by atoms with E-state index >= 15 is 0 Å². The molecule has 3 nitrogen and oxygen atoms in total. The van der Waals surface area contributed by atoms with Crippen LogP contribution in [0.3, 0.4) is 0 Å². The summed E-state index contributed by atoms with van der Waals surface area (Å²) in [6.45, 7) is 7.26. The van der Waals surface area contributed by atoms with Gasteiger partial charge in [-0.15, -0.1) is 0 Å². The van der Waals surface area contributed by atoms with Gasteiger partial charge in [-0.25, -0.2) is 0 Å². The fraction of sp³-hybridized carbons (Fsp3) is 0.875. The lowest BCUT2D eigenvalue weighted by Crippen LogP contribution is -2.52. The average molecular weight is 375 g/mol. The lowest BCUT2D eigenvalue weighted by molar-refractivity contribution is -0.137. The van der Waals surface area contributed by atoms with E-state index in [4.69, 9.17) is 5.11 Å². The fourth-order valence-electron chi connectivity index (χ4n) is 8.10. The van der Waals surface area contributed by atoms with Crippen LogP contribution in [-0.2, 0) is 4.79 Å². The Bertz CT molecular complexity index is 613. The summed E-state index contributed by atoms with van der Waals surface area (Å²) in [4.78, 5) is 11.0. The minimum Gasteiger partial charge on any atom is -0.481 e. The SMILES string of the molecule is C[C@H](CCC(=O)O)C1CC[C@H]2C3CC[C@@H]4C[C@H](O)CCC4(C)[C@H]3C=CC12C.